The molecule has 3 rings (SSSR count). The zero-order valence-electron chi connectivity index (χ0n) is 14.0. The summed E-state index contributed by atoms with van der Waals surface area (Å²) in [6.45, 7) is 3.84. The predicted molar refractivity (Wildman–Crippen MR) is 99.0 cm³/mol. The predicted octanol–water partition coefficient (Wildman–Crippen LogP) is 2.47. The number of hydrogen-bond donors (Lipinski definition) is 1. The molecule has 2 amide bonds. The first-order valence-corrected chi connectivity index (χ1v) is 9.52. The highest BCUT2D eigenvalue weighted by atomic mass is 35.5. The number of carbonyl (C=O) groups is 2. The summed E-state index contributed by atoms with van der Waals surface area (Å²) >= 11 is 6.15. The number of rotatable bonds is 3. The van der Waals surface area contributed by atoms with Gasteiger partial charge in [-0.05, 0) is 54.8 Å². The SMILES string of the molecule is Cc1ccc(C2=C(Cl)C(=O)N(c3ccc(S(N)(=O)=O)cc3)C2=O)cc1C. The number of nitrogens with zero attached hydrogens (tertiary/aromatic N) is 1. The number of benzene rings is 2. The van der Waals surface area contributed by atoms with Crippen LogP contribution in [-0.2, 0) is 19.6 Å². The fourth-order valence-electron chi connectivity index (χ4n) is 2.67. The maximum absolute atomic E-state index is 12.8. The number of halogens is 1. The summed E-state index contributed by atoms with van der Waals surface area (Å²) in [6, 6.07) is 10.5. The van der Waals surface area contributed by atoms with Gasteiger partial charge in [-0.15, -0.1) is 0 Å². The first-order valence-electron chi connectivity index (χ1n) is 7.60. The maximum atomic E-state index is 12.8. The molecule has 6 nitrogen and oxygen atoms in total. The zero-order chi connectivity index (χ0) is 19.2. The molecule has 0 radical (unpaired) electrons. The van der Waals surface area contributed by atoms with Gasteiger partial charge in [0.2, 0.25) is 10.0 Å². The molecule has 1 heterocycles. The molecule has 0 atom stereocenters. The molecule has 0 aromatic heterocycles. The second kappa shape index (κ2) is 6.35. The lowest BCUT2D eigenvalue weighted by Crippen LogP contribution is -2.31. The maximum Gasteiger partial charge on any atom is 0.277 e. The molecule has 1 aliphatic heterocycles. The van der Waals surface area contributed by atoms with E-state index in [4.69, 9.17) is 16.7 Å². The Morgan fingerprint density at radius 2 is 1.54 bits per heavy atom. The van der Waals surface area contributed by atoms with E-state index in [-0.39, 0.29) is 21.2 Å². The molecule has 0 saturated carbocycles. The van der Waals surface area contributed by atoms with Gasteiger partial charge < -0.3 is 0 Å². The molecule has 0 spiro atoms. The van der Waals surface area contributed by atoms with Gasteiger partial charge in [0.25, 0.3) is 11.8 Å². The molecule has 134 valence electrons. The van der Waals surface area contributed by atoms with E-state index in [1.165, 1.54) is 24.3 Å². The molecule has 0 bridgehead atoms. The highest BCUT2D eigenvalue weighted by Gasteiger charge is 2.39. The van der Waals surface area contributed by atoms with Gasteiger partial charge >= 0.3 is 0 Å². The molecule has 1 aliphatic rings. The van der Waals surface area contributed by atoms with Crippen molar-refractivity contribution in [2.45, 2.75) is 18.7 Å². The summed E-state index contributed by atoms with van der Waals surface area (Å²) in [7, 11) is -3.87. The molecular formula is C18H15ClN2O4S. The van der Waals surface area contributed by atoms with Crippen molar-refractivity contribution in [3.63, 3.8) is 0 Å². The van der Waals surface area contributed by atoms with E-state index < -0.39 is 21.8 Å². The van der Waals surface area contributed by atoms with Crippen LogP contribution in [0.4, 0.5) is 5.69 Å². The van der Waals surface area contributed by atoms with Gasteiger partial charge in [0.15, 0.2) is 0 Å². The van der Waals surface area contributed by atoms with Crippen molar-refractivity contribution in [1.82, 2.24) is 0 Å². The van der Waals surface area contributed by atoms with Gasteiger partial charge in [-0.1, -0.05) is 29.8 Å². The first-order chi connectivity index (χ1) is 12.1. The van der Waals surface area contributed by atoms with Crippen LogP contribution in [0.15, 0.2) is 52.4 Å². The lowest BCUT2D eigenvalue weighted by Gasteiger charge is -2.15. The van der Waals surface area contributed by atoms with E-state index in [0.29, 0.717) is 5.56 Å². The summed E-state index contributed by atoms with van der Waals surface area (Å²) in [5, 5.41) is 4.88. The number of anilines is 1. The minimum atomic E-state index is -3.87. The van der Waals surface area contributed by atoms with Gasteiger partial charge in [0, 0.05) is 0 Å². The standard InChI is InChI=1S/C18H15ClN2O4S/c1-10-3-4-12(9-11(10)2)15-16(19)18(23)21(17(15)22)13-5-7-14(8-6-13)26(20,24)25/h3-9H,1-2H3,(H2,20,24,25). The fraction of sp³-hybridized carbons (Fsp3) is 0.111. The Labute approximate surface area is 155 Å². The second-order valence-electron chi connectivity index (χ2n) is 5.97. The Morgan fingerprint density at radius 3 is 2.08 bits per heavy atom. The lowest BCUT2D eigenvalue weighted by atomic mass is 10.0. The van der Waals surface area contributed by atoms with Crippen LogP contribution in [0.3, 0.4) is 0 Å². The van der Waals surface area contributed by atoms with Crippen molar-refractivity contribution < 1.29 is 18.0 Å². The van der Waals surface area contributed by atoms with E-state index in [1.807, 2.05) is 19.9 Å². The van der Waals surface area contributed by atoms with Crippen molar-refractivity contribution in [1.29, 1.82) is 0 Å². The third kappa shape index (κ3) is 3.05. The van der Waals surface area contributed by atoms with E-state index in [2.05, 4.69) is 0 Å². The van der Waals surface area contributed by atoms with Crippen LogP contribution in [0.5, 0.6) is 0 Å². The Balaban J connectivity index is 2.02. The molecule has 26 heavy (non-hydrogen) atoms. The van der Waals surface area contributed by atoms with Crippen molar-refractivity contribution in [3.05, 3.63) is 64.2 Å². The van der Waals surface area contributed by atoms with Crippen LogP contribution in [0, 0.1) is 13.8 Å². The lowest BCUT2D eigenvalue weighted by molar-refractivity contribution is -0.119. The monoisotopic (exact) mass is 390 g/mol. The first kappa shape index (κ1) is 18.3. The van der Waals surface area contributed by atoms with E-state index in [1.54, 1.807) is 12.1 Å². The summed E-state index contributed by atoms with van der Waals surface area (Å²) in [5.74, 6) is -1.22. The van der Waals surface area contributed by atoms with E-state index in [0.717, 1.165) is 16.0 Å². The topological polar surface area (TPSA) is 97.5 Å². The van der Waals surface area contributed by atoms with Crippen molar-refractivity contribution in [3.8, 4) is 0 Å². The smallest absolute Gasteiger partial charge is 0.268 e. The Morgan fingerprint density at radius 1 is 0.923 bits per heavy atom. The quantitative estimate of drug-likeness (QED) is 0.814. The number of aryl methyl sites for hydroxylation is 2. The normalized spacial score (nSPS) is 15.2. The summed E-state index contributed by atoms with van der Waals surface area (Å²) in [5.41, 5.74) is 2.91. The number of amides is 2. The molecule has 0 aliphatic carbocycles. The minimum Gasteiger partial charge on any atom is -0.268 e. The molecular weight excluding hydrogens is 376 g/mol. The van der Waals surface area contributed by atoms with Crippen LogP contribution in [-0.4, -0.2) is 20.2 Å². The number of nitrogens with two attached hydrogens (primary N) is 1. The summed E-state index contributed by atoms with van der Waals surface area (Å²) < 4.78 is 22.7. The third-order valence-electron chi connectivity index (χ3n) is 4.25. The summed E-state index contributed by atoms with van der Waals surface area (Å²) in [6.07, 6.45) is 0. The van der Waals surface area contributed by atoms with E-state index >= 15 is 0 Å². The zero-order valence-corrected chi connectivity index (χ0v) is 15.6. The van der Waals surface area contributed by atoms with Crippen molar-refractivity contribution in [2.75, 3.05) is 4.90 Å². The van der Waals surface area contributed by atoms with Gasteiger partial charge in [0.05, 0.1) is 16.2 Å². The van der Waals surface area contributed by atoms with Gasteiger partial charge in [0.1, 0.15) is 5.03 Å². The molecule has 2 aromatic carbocycles. The van der Waals surface area contributed by atoms with Crippen LogP contribution < -0.4 is 10.0 Å². The Hall–Kier alpha value is -2.48. The molecule has 0 fully saturated rings. The third-order valence-corrected chi connectivity index (χ3v) is 5.53. The van der Waals surface area contributed by atoms with Gasteiger partial charge in [-0.2, -0.15) is 0 Å². The highest BCUT2D eigenvalue weighted by Crippen LogP contribution is 2.35. The number of primary sulfonamides is 1. The van der Waals surface area contributed by atoms with Gasteiger partial charge in [-0.3, -0.25) is 9.59 Å². The van der Waals surface area contributed by atoms with Crippen LogP contribution >= 0.6 is 11.6 Å². The molecule has 8 heteroatoms. The van der Waals surface area contributed by atoms with Crippen LogP contribution in [0.1, 0.15) is 16.7 Å². The Kier molecular flexibility index (Phi) is 4.47. The van der Waals surface area contributed by atoms with Crippen molar-refractivity contribution in [2.24, 2.45) is 5.14 Å². The second-order valence-corrected chi connectivity index (χ2v) is 7.91. The molecule has 2 N–H and O–H groups in total. The highest BCUT2D eigenvalue weighted by molar-refractivity contribution is 7.89. The average Bonchev–Trinajstić information content (AvgIpc) is 2.79. The molecule has 0 saturated heterocycles. The summed E-state index contributed by atoms with van der Waals surface area (Å²) in [4.78, 5) is 26.1. The van der Waals surface area contributed by atoms with E-state index in [9.17, 15) is 18.0 Å². The molecule has 2 aromatic rings. The number of sulfonamides is 1. The average molecular weight is 391 g/mol. The van der Waals surface area contributed by atoms with Crippen LogP contribution in [0.2, 0.25) is 0 Å². The fourth-order valence-corrected chi connectivity index (χ4v) is 3.46. The minimum absolute atomic E-state index is 0.117. The largest absolute Gasteiger partial charge is 0.277 e. The van der Waals surface area contributed by atoms with Crippen molar-refractivity contribution >= 4 is 44.7 Å². The molecule has 0 unspecified atom stereocenters. The van der Waals surface area contributed by atoms with Gasteiger partial charge in [-0.25, -0.2) is 18.5 Å². The number of imide groups is 1. The number of hydrogen-bond acceptors (Lipinski definition) is 4. The van der Waals surface area contributed by atoms with Crippen LogP contribution in [0.25, 0.3) is 5.57 Å². The number of carbonyl (C=O) groups excluding carboxylic acids is 2. The Bertz CT molecular complexity index is 1070.